The van der Waals surface area contributed by atoms with Crippen LogP contribution in [0.25, 0.3) is 0 Å². The summed E-state index contributed by atoms with van der Waals surface area (Å²) in [5.74, 6) is 0. The molecule has 0 aromatic carbocycles. The molecule has 13 heavy (non-hydrogen) atoms. The highest BCUT2D eigenvalue weighted by Gasteiger charge is 1.97. The molecule has 0 bridgehead atoms. The molecular weight excluding hydrogens is 160 g/mol. The number of nitrogens with zero attached hydrogens (tertiary/aromatic N) is 1. The van der Waals surface area contributed by atoms with Crippen LogP contribution in [0.4, 0.5) is 0 Å². The highest BCUT2D eigenvalue weighted by Crippen LogP contribution is 2.01. The lowest BCUT2D eigenvalue weighted by molar-refractivity contribution is 0.336. The van der Waals surface area contributed by atoms with Gasteiger partial charge in [0.05, 0.1) is 0 Å². The lowest BCUT2D eigenvalue weighted by Crippen LogP contribution is -2.23. The first-order valence-corrected chi connectivity index (χ1v) is 4.89. The summed E-state index contributed by atoms with van der Waals surface area (Å²) in [6, 6.07) is 0. The van der Waals surface area contributed by atoms with E-state index < -0.39 is 0 Å². The number of hydrogen-bond acceptors (Lipinski definition) is 2. The van der Waals surface area contributed by atoms with Gasteiger partial charge in [0.2, 0.25) is 0 Å². The Kier molecular flexibility index (Phi) is 7.65. The van der Waals surface area contributed by atoms with Gasteiger partial charge in [-0.1, -0.05) is 24.3 Å². The molecule has 0 aliphatic heterocycles. The molecule has 0 unspecified atom stereocenters. The van der Waals surface area contributed by atoms with E-state index >= 15 is 0 Å². The van der Waals surface area contributed by atoms with E-state index in [1.165, 1.54) is 5.57 Å². The van der Waals surface area contributed by atoms with Gasteiger partial charge in [-0.05, 0) is 39.9 Å². The van der Waals surface area contributed by atoms with E-state index in [4.69, 9.17) is 5.73 Å². The molecule has 0 fully saturated rings. The molecule has 0 saturated heterocycles. The summed E-state index contributed by atoms with van der Waals surface area (Å²) in [5.41, 5.74) is 6.62. The third kappa shape index (κ3) is 7.75. The van der Waals surface area contributed by atoms with Gasteiger partial charge in [-0.3, -0.25) is 0 Å². The third-order valence-electron chi connectivity index (χ3n) is 1.96. The van der Waals surface area contributed by atoms with Crippen molar-refractivity contribution in [3.63, 3.8) is 0 Å². The maximum absolute atomic E-state index is 5.43. The SMILES string of the molecule is C=C(/C=C\C)CCN(C)CCCN. The number of hydrogen-bond donors (Lipinski definition) is 1. The van der Waals surface area contributed by atoms with Crippen molar-refractivity contribution >= 4 is 0 Å². The molecule has 0 radical (unpaired) electrons. The maximum Gasteiger partial charge on any atom is 0.00186 e. The topological polar surface area (TPSA) is 29.3 Å². The first-order chi connectivity index (χ1) is 6.20. The molecule has 0 aromatic rings. The Morgan fingerprint density at radius 2 is 2.15 bits per heavy atom. The highest BCUT2D eigenvalue weighted by atomic mass is 15.1. The molecule has 0 aromatic heterocycles. The fraction of sp³-hybridized carbons (Fsp3) is 0.636. The minimum atomic E-state index is 0.778. The lowest BCUT2D eigenvalue weighted by Gasteiger charge is -2.15. The smallest absolute Gasteiger partial charge is 0.00186 e. The third-order valence-corrected chi connectivity index (χ3v) is 1.96. The Bertz CT molecular complexity index is 161. The minimum Gasteiger partial charge on any atom is -0.330 e. The first-order valence-electron chi connectivity index (χ1n) is 4.89. The second-order valence-electron chi connectivity index (χ2n) is 3.35. The van der Waals surface area contributed by atoms with Crippen molar-refractivity contribution in [1.82, 2.24) is 4.90 Å². The van der Waals surface area contributed by atoms with Gasteiger partial charge in [0, 0.05) is 6.54 Å². The van der Waals surface area contributed by atoms with Crippen LogP contribution in [0.15, 0.2) is 24.3 Å². The van der Waals surface area contributed by atoms with Gasteiger partial charge >= 0.3 is 0 Å². The molecule has 0 aliphatic rings. The van der Waals surface area contributed by atoms with Gasteiger partial charge in [0.25, 0.3) is 0 Å². The van der Waals surface area contributed by atoms with E-state index in [0.29, 0.717) is 0 Å². The average molecular weight is 182 g/mol. The van der Waals surface area contributed by atoms with E-state index in [9.17, 15) is 0 Å². The van der Waals surface area contributed by atoms with E-state index in [0.717, 1.165) is 32.5 Å². The number of nitrogens with two attached hydrogens (primary N) is 1. The van der Waals surface area contributed by atoms with Gasteiger partial charge in [-0.15, -0.1) is 0 Å². The second-order valence-corrected chi connectivity index (χ2v) is 3.35. The van der Waals surface area contributed by atoms with Crippen molar-refractivity contribution in [3.8, 4) is 0 Å². The summed E-state index contributed by atoms with van der Waals surface area (Å²) in [4.78, 5) is 2.29. The molecule has 0 amide bonds. The van der Waals surface area contributed by atoms with Crippen LogP contribution in [0.3, 0.4) is 0 Å². The summed E-state index contributed by atoms with van der Waals surface area (Å²) in [7, 11) is 2.12. The zero-order valence-corrected chi connectivity index (χ0v) is 8.92. The van der Waals surface area contributed by atoms with Crippen LogP contribution < -0.4 is 5.73 Å². The predicted molar refractivity (Wildman–Crippen MR) is 59.7 cm³/mol. The first kappa shape index (κ1) is 12.4. The minimum absolute atomic E-state index is 0.778. The Labute approximate surface area is 82.1 Å². The zero-order chi connectivity index (χ0) is 10.1. The quantitative estimate of drug-likeness (QED) is 0.608. The number of allylic oxidation sites excluding steroid dienone is 2. The largest absolute Gasteiger partial charge is 0.330 e. The molecule has 76 valence electrons. The maximum atomic E-state index is 5.43. The Morgan fingerprint density at radius 3 is 2.69 bits per heavy atom. The Morgan fingerprint density at radius 1 is 1.46 bits per heavy atom. The van der Waals surface area contributed by atoms with Crippen LogP contribution in [0.5, 0.6) is 0 Å². The van der Waals surface area contributed by atoms with Crippen LogP contribution in [0, 0.1) is 0 Å². The molecule has 0 spiro atoms. The monoisotopic (exact) mass is 182 g/mol. The van der Waals surface area contributed by atoms with E-state index in [1.807, 2.05) is 13.0 Å². The van der Waals surface area contributed by atoms with Gasteiger partial charge in [0.15, 0.2) is 0 Å². The van der Waals surface area contributed by atoms with Crippen LogP contribution in [-0.2, 0) is 0 Å². The van der Waals surface area contributed by atoms with E-state index in [1.54, 1.807) is 0 Å². The second kappa shape index (κ2) is 8.02. The molecule has 2 N–H and O–H groups in total. The molecule has 2 heteroatoms. The molecule has 0 aliphatic carbocycles. The van der Waals surface area contributed by atoms with Gasteiger partial charge < -0.3 is 10.6 Å². The van der Waals surface area contributed by atoms with Crippen molar-refractivity contribution in [2.24, 2.45) is 5.73 Å². The summed E-state index contributed by atoms with van der Waals surface area (Å²) in [5, 5.41) is 0. The highest BCUT2D eigenvalue weighted by molar-refractivity contribution is 5.13. The normalized spacial score (nSPS) is 11.4. The van der Waals surface area contributed by atoms with Crippen molar-refractivity contribution < 1.29 is 0 Å². The Hall–Kier alpha value is -0.600. The molecule has 0 saturated carbocycles. The van der Waals surface area contributed by atoms with Gasteiger partial charge in [-0.25, -0.2) is 0 Å². The lowest BCUT2D eigenvalue weighted by atomic mass is 10.2. The fourth-order valence-corrected chi connectivity index (χ4v) is 1.13. The summed E-state index contributed by atoms with van der Waals surface area (Å²) >= 11 is 0. The average Bonchev–Trinajstić information content (AvgIpc) is 2.12. The zero-order valence-electron chi connectivity index (χ0n) is 8.92. The molecule has 0 atom stereocenters. The van der Waals surface area contributed by atoms with Crippen LogP contribution >= 0.6 is 0 Å². The van der Waals surface area contributed by atoms with E-state index in [2.05, 4.69) is 24.6 Å². The van der Waals surface area contributed by atoms with Gasteiger partial charge in [-0.2, -0.15) is 0 Å². The van der Waals surface area contributed by atoms with Crippen LogP contribution in [0.2, 0.25) is 0 Å². The molecule has 0 heterocycles. The van der Waals surface area contributed by atoms with Crippen molar-refractivity contribution in [2.45, 2.75) is 19.8 Å². The fourth-order valence-electron chi connectivity index (χ4n) is 1.13. The van der Waals surface area contributed by atoms with Crippen LogP contribution in [-0.4, -0.2) is 31.6 Å². The van der Waals surface area contributed by atoms with E-state index in [-0.39, 0.29) is 0 Å². The summed E-state index contributed by atoms with van der Waals surface area (Å²) < 4.78 is 0. The summed E-state index contributed by atoms with van der Waals surface area (Å²) in [6.45, 7) is 8.91. The molecular formula is C11H22N2. The number of rotatable bonds is 7. The van der Waals surface area contributed by atoms with Crippen LogP contribution in [0.1, 0.15) is 19.8 Å². The molecule has 0 rings (SSSR count). The standard InChI is InChI=1S/C11H22N2/c1-4-6-11(2)7-10-13(3)9-5-8-12/h4,6H,2,5,7-10,12H2,1,3H3/b6-4-. The van der Waals surface area contributed by atoms with Crippen molar-refractivity contribution in [1.29, 1.82) is 0 Å². The Balaban J connectivity index is 3.45. The van der Waals surface area contributed by atoms with Gasteiger partial charge in [0.1, 0.15) is 0 Å². The summed E-state index contributed by atoms with van der Waals surface area (Å²) in [6.07, 6.45) is 6.22. The predicted octanol–water partition coefficient (Wildman–Crippen LogP) is 1.79. The molecule has 2 nitrogen and oxygen atoms in total. The van der Waals surface area contributed by atoms with Crippen molar-refractivity contribution in [3.05, 3.63) is 24.3 Å². The van der Waals surface area contributed by atoms with Crippen molar-refractivity contribution in [2.75, 3.05) is 26.7 Å².